The number of amides is 1. The molecule has 6 heteroatoms. The fourth-order valence-corrected chi connectivity index (χ4v) is 4.93. The molecular weight excluding hydrogens is 374 g/mol. The van der Waals surface area contributed by atoms with E-state index in [4.69, 9.17) is 16.3 Å². The van der Waals surface area contributed by atoms with Crippen molar-refractivity contribution >= 4 is 23.3 Å². The number of pyridine rings is 1. The number of nitrogens with zero attached hydrogens (tertiary/aromatic N) is 2. The number of rotatable bonds is 5. The zero-order valence-corrected chi connectivity index (χ0v) is 16.4. The first kappa shape index (κ1) is 18.0. The van der Waals surface area contributed by atoms with Crippen LogP contribution in [0.2, 0.25) is 5.02 Å². The molecule has 28 heavy (non-hydrogen) atoms. The third kappa shape index (κ3) is 3.16. The number of halogens is 1. The minimum atomic E-state index is -0.435. The number of fused-ring (bicyclic) bond motifs is 1. The number of anilines is 1. The Labute approximate surface area is 170 Å². The Bertz CT molecular complexity index is 852. The van der Waals surface area contributed by atoms with Crippen molar-refractivity contribution in [3.63, 3.8) is 0 Å². The summed E-state index contributed by atoms with van der Waals surface area (Å²) in [6, 6.07) is 14.0. The lowest BCUT2D eigenvalue weighted by Gasteiger charge is -2.51. The first-order valence-electron chi connectivity index (χ1n) is 9.96. The van der Waals surface area contributed by atoms with Crippen molar-refractivity contribution in [3.8, 4) is 0 Å². The monoisotopic (exact) mass is 397 g/mol. The zero-order chi connectivity index (χ0) is 19.1. The number of hydrogen-bond acceptors (Lipinski definition) is 4. The molecule has 1 N–H and O–H groups in total. The molecule has 146 valence electrons. The number of nitrogens with one attached hydrogen (secondary N) is 1. The molecule has 0 unspecified atom stereocenters. The summed E-state index contributed by atoms with van der Waals surface area (Å²) < 4.78 is 5.69. The van der Waals surface area contributed by atoms with Crippen LogP contribution in [-0.2, 0) is 16.0 Å². The molecule has 1 aromatic heterocycles. The molecule has 3 atom stereocenters. The molecule has 1 amide bonds. The Hall–Kier alpha value is -2.11. The van der Waals surface area contributed by atoms with E-state index in [1.165, 1.54) is 0 Å². The number of carbonyl (C=O) groups excluding carboxylic acids is 1. The molecule has 0 bridgehead atoms. The van der Waals surface area contributed by atoms with E-state index >= 15 is 0 Å². The second-order valence-electron chi connectivity index (χ2n) is 8.31. The molecule has 3 aliphatic rings. The maximum absolute atomic E-state index is 13.4. The van der Waals surface area contributed by atoms with Gasteiger partial charge in [-0.1, -0.05) is 29.8 Å². The maximum Gasteiger partial charge on any atom is 0.230 e. The highest BCUT2D eigenvalue weighted by molar-refractivity contribution is 6.30. The largest absolute Gasteiger partial charge is 0.378 e. The molecule has 0 radical (unpaired) electrons. The van der Waals surface area contributed by atoms with Gasteiger partial charge in [0, 0.05) is 42.9 Å². The zero-order valence-electron chi connectivity index (χ0n) is 15.7. The van der Waals surface area contributed by atoms with Crippen LogP contribution in [0.5, 0.6) is 0 Å². The molecule has 5 rings (SSSR count). The van der Waals surface area contributed by atoms with Gasteiger partial charge in [-0.2, -0.15) is 0 Å². The molecule has 3 fully saturated rings. The maximum atomic E-state index is 13.4. The average molecular weight is 398 g/mol. The summed E-state index contributed by atoms with van der Waals surface area (Å²) in [5.74, 6) is 1.57. The number of carbonyl (C=O) groups is 1. The van der Waals surface area contributed by atoms with Gasteiger partial charge < -0.3 is 15.0 Å². The van der Waals surface area contributed by atoms with E-state index in [-0.39, 0.29) is 11.9 Å². The van der Waals surface area contributed by atoms with Crippen LogP contribution < -0.4 is 10.2 Å². The summed E-state index contributed by atoms with van der Waals surface area (Å²) >= 11 is 6.04. The highest BCUT2D eigenvalue weighted by Crippen LogP contribution is 2.41. The molecule has 1 saturated carbocycles. The van der Waals surface area contributed by atoms with E-state index < -0.39 is 5.41 Å². The van der Waals surface area contributed by atoms with Gasteiger partial charge >= 0.3 is 0 Å². The predicted octanol–water partition coefficient (Wildman–Crippen LogP) is 3.08. The smallest absolute Gasteiger partial charge is 0.230 e. The number of benzene rings is 1. The van der Waals surface area contributed by atoms with Gasteiger partial charge in [-0.05, 0) is 49.1 Å². The van der Waals surface area contributed by atoms with Crippen molar-refractivity contribution in [2.75, 3.05) is 24.6 Å². The SMILES string of the molecule is O=C(N[C@@H]1C[C@H]2OCC[C@@H]12)C1(Cc2ccc(Cl)cc2)CN(c2ccccn2)C1. The summed E-state index contributed by atoms with van der Waals surface area (Å²) in [6.45, 7) is 2.18. The van der Waals surface area contributed by atoms with E-state index in [1.807, 2.05) is 42.5 Å². The van der Waals surface area contributed by atoms with Gasteiger partial charge in [-0.25, -0.2) is 4.98 Å². The van der Waals surface area contributed by atoms with Gasteiger partial charge in [0.15, 0.2) is 0 Å². The Morgan fingerprint density at radius 2 is 2.07 bits per heavy atom. The fourth-order valence-electron chi connectivity index (χ4n) is 4.80. The summed E-state index contributed by atoms with van der Waals surface area (Å²) in [5, 5.41) is 4.06. The third-order valence-corrected chi connectivity index (χ3v) is 6.73. The van der Waals surface area contributed by atoms with Crippen molar-refractivity contribution in [3.05, 3.63) is 59.2 Å². The van der Waals surface area contributed by atoms with Gasteiger partial charge in [0.25, 0.3) is 0 Å². The Kier molecular flexibility index (Phi) is 4.52. The minimum absolute atomic E-state index is 0.157. The Morgan fingerprint density at radius 3 is 2.79 bits per heavy atom. The van der Waals surface area contributed by atoms with E-state index in [0.29, 0.717) is 36.6 Å². The normalized spacial score (nSPS) is 27.5. The topological polar surface area (TPSA) is 54.5 Å². The Morgan fingerprint density at radius 1 is 1.25 bits per heavy atom. The lowest BCUT2D eigenvalue weighted by atomic mass is 9.71. The molecule has 5 nitrogen and oxygen atoms in total. The lowest BCUT2D eigenvalue weighted by Crippen LogP contribution is -2.67. The molecule has 2 saturated heterocycles. The highest BCUT2D eigenvalue weighted by Gasteiger charge is 2.53. The van der Waals surface area contributed by atoms with Gasteiger partial charge in [0.05, 0.1) is 11.5 Å². The van der Waals surface area contributed by atoms with Gasteiger partial charge in [-0.15, -0.1) is 0 Å². The summed E-state index contributed by atoms with van der Waals surface area (Å²) in [7, 11) is 0. The quantitative estimate of drug-likeness (QED) is 0.842. The average Bonchev–Trinajstić information content (AvgIpc) is 3.05. The third-order valence-electron chi connectivity index (χ3n) is 6.48. The summed E-state index contributed by atoms with van der Waals surface area (Å²) in [4.78, 5) is 20.0. The number of aromatic nitrogens is 1. The molecule has 1 aromatic carbocycles. The van der Waals surface area contributed by atoms with Crippen LogP contribution in [0.15, 0.2) is 48.7 Å². The van der Waals surface area contributed by atoms with Gasteiger partial charge in [0.1, 0.15) is 5.82 Å². The first-order chi connectivity index (χ1) is 13.6. The van der Waals surface area contributed by atoms with E-state index in [2.05, 4.69) is 15.2 Å². The highest BCUT2D eigenvalue weighted by atomic mass is 35.5. The van der Waals surface area contributed by atoms with E-state index in [1.54, 1.807) is 6.20 Å². The molecule has 2 aromatic rings. The van der Waals surface area contributed by atoms with Crippen LogP contribution in [-0.4, -0.2) is 42.7 Å². The molecule has 3 heterocycles. The van der Waals surface area contributed by atoms with Crippen LogP contribution >= 0.6 is 11.6 Å². The van der Waals surface area contributed by atoms with Crippen molar-refractivity contribution in [1.82, 2.24) is 10.3 Å². The second kappa shape index (κ2) is 7.05. The standard InChI is InChI=1S/C22H24ClN3O2/c23-16-6-4-15(5-7-16)12-22(13-26(14-22)20-3-1-2-9-24-20)21(27)25-18-11-19-17(18)8-10-28-19/h1-7,9,17-19H,8,10-14H2,(H,25,27)/t17-,18+,19+/m0/s1. The van der Waals surface area contributed by atoms with E-state index in [9.17, 15) is 4.79 Å². The minimum Gasteiger partial charge on any atom is -0.378 e. The molecular formula is C22H24ClN3O2. The summed E-state index contributed by atoms with van der Waals surface area (Å²) in [5.41, 5.74) is 0.700. The van der Waals surface area contributed by atoms with Crippen LogP contribution in [0, 0.1) is 11.3 Å². The second-order valence-corrected chi connectivity index (χ2v) is 8.74. The lowest BCUT2D eigenvalue weighted by molar-refractivity contribution is -0.135. The Balaban J connectivity index is 1.32. The van der Waals surface area contributed by atoms with Gasteiger partial charge in [-0.3, -0.25) is 4.79 Å². The predicted molar refractivity (Wildman–Crippen MR) is 108 cm³/mol. The molecule has 2 aliphatic heterocycles. The van der Waals surface area contributed by atoms with Crippen LogP contribution in [0.3, 0.4) is 0 Å². The summed E-state index contributed by atoms with van der Waals surface area (Å²) in [6.07, 6.45) is 4.85. The van der Waals surface area contributed by atoms with Crippen LogP contribution in [0.4, 0.5) is 5.82 Å². The van der Waals surface area contributed by atoms with Crippen molar-refractivity contribution in [2.45, 2.75) is 31.4 Å². The fraction of sp³-hybridized carbons (Fsp3) is 0.455. The van der Waals surface area contributed by atoms with Crippen LogP contribution in [0.25, 0.3) is 0 Å². The van der Waals surface area contributed by atoms with Crippen molar-refractivity contribution in [1.29, 1.82) is 0 Å². The first-order valence-corrected chi connectivity index (χ1v) is 10.3. The van der Waals surface area contributed by atoms with Crippen molar-refractivity contribution in [2.24, 2.45) is 11.3 Å². The van der Waals surface area contributed by atoms with E-state index in [0.717, 1.165) is 30.8 Å². The molecule has 1 aliphatic carbocycles. The number of hydrogen-bond donors (Lipinski definition) is 1. The molecule has 0 spiro atoms. The van der Waals surface area contributed by atoms with Crippen molar-refractivity contribution < 1.29 is 9.53 Å². The van der Waals surface area contributed by atoms with Gasteiger partial charge in [0.2, 0.25) is 5.91 Å². The number of ether oxygens (including phenoxy) is 1. The van der Waals surface area contributed by atoms with Crippen LogP contribution in [0.1, 0.15) is 18.4 Å².